The number of likely N-dealkylation sites (tertiary alicyclic amines) is 1. The summed E-state index contributed by atoms with van der Waals surface area (Å²) in [6.45, 7) is 1.36. The molecular weight excluding hydrogens is 321 g/mol. The van der Waals surface area contributed by atoms with Crippen molar-refractivity contribution < 1.29 is 14.0 Å². The summed E-state index contributed by atoms with van der Waals surface area (Å²) in [7, 11) is 0. The van der Waals surface area contributed by atoms with Gasteiger partial charge in [0, 0.05) is 36.2 Å². The second-order valence-corrected chi connectivity index (χ2v) is 7.72. The van der Waals surface area contributed by atoms with Gasteiger partial charge in [0.25, 0.3) is 0 Å². The lowest BCUT2D eigenvalue weighted by Gasteiger charge is -2.20. The number of nitrogens with zero attached hydrogens (tertiary/aromatic N) is 1. The molecule has 2 aliphatic carbocycles. The van der Waals surface area contributed by atoms with Gasteiger partial charge in [-0.1, -0.05) is 18.9 Å². The summed E-state index contributed by atoms with van der Waals surface area (Å²) in [6.07, 6.45) is 6.20. The number of urea groups is 1. The number of nitrogens with one attached hydrogen (secondary N) is 2. The smallest absolute Gasteiger partial charge is 0.317 e. The fraction of sp³-hybridized carbons (Fsp3) is 0.579. The Morgan fingerprint density at radius 3 is 2.80 bits per heavy atom. The monoisotopic (exact) mass is 345 g/mol. The summed E-state index contributed by atoms with van der Waals surface area (Å²) in [5.41, 5.74) is 0.408. The maximum atomic E-state index is 13.2. The first-order valence-corrected chi connectivity index (χ1v) is 9.18. The van der Waals surface area contributed by atoms with Crippen molar-refractivity contribution in [2.24, 2.45) is 11.3 Å². The number of rotatable bonds is 3. The molecule has 0 radical (unpaired) electrons. The molecule has 1 aromatic carbocycles. The quantitative estimate of drug-likeness (QED) is 0.884. The summed E-state index contributed by atoms with van der Waals surface area (Å²) in [6, 6.07) is 6.27. The molecule has 134 valence electrons. The molecule has 1 aliphatic heterocycles. The molecule has 5 nitrogen and oxygen atoms in total. The molecule has 1 heterocycles. The molecule has 2 atom stereocenters. The van der Waals surface area contributed by atoms with Crippen LogP contribution in [0.5, 0.6) is 0 Å². The van der Waals surface area contributed by atoms with Crippen molar-refractivity contribution in [2.75, 3.05) is 18.4 Å². The number of benzene rings is 1. The second-order valence-electron chi connectivity index (χ2n) is 7.72. The summed E-state index contributed by atoms with van der Waals surface area (Å²) in [5, 5.41) is 5.92. The first kappa shape index (κ1) is 16.4. The lowest BCUT2D eigenvalue weighted by Crippen LogP contribution is -2.43. The van der Waals surface area contributed by atoms with E-state index in [0.717, 1.165) is 25.7 Å². The molecule has 6 heteroatoms. The number of carbonyl (C=O) groups excluding carboxylic acids is 2. The lowest BCUT2D eigenvalue weighted by molar-refractivity contribution is -0.118. The molecule has 0 bridgehead atoms. The van der Waals surface area contributed by atoms with Crippen LogP contribution in [0, 0.1) is 17.2 Å². The van der Waals surface area contributed by atoms with Crippen LogP contribution in [0.3, 0.4) is 0 Å². The van der Waals surface area contributed by atoms with Gasteiger partial charge in [-0.3, -0.25) is 4.79 Å². The maximum absolute atomic E-state index is 13.2. The van der Waals surface area contributed by atoms with Crippen molar-refractivity contribution in [2.45, 2.75) is 44.6 Å². The fourth-order valence-corrected chi connectivity index (χ4v) is 4.37. The van der Waals surface area contributed by atoms with E-state index in [9.17, 15) is 14.0 Å². The minimum absolute atomic E-state index is 0.0139. The Balaban J connectivity index is 1.31. The summed E-state index contributed by atoms with van der Waals surface area (Å²) in [5.74, 6) is -0.511. The van der Waals surface area contributed by atoms with Gasteiger partial charge in [-0.2, -0.15) is 0 Å². The Kier molecular flexibility index (Phi) is 4.13. The lowest BCUT2D eigenvalue weighted by atomic mass is 10.0. The van der Waals surface area contributed by atoms with Crippen LogP contribution in [-0.4, -0.2) is 36.0 Å². The third-order valence-electron chi connectivity index (χ3n) is 5.95. The van der Waals surface area contributed by atoms with E-state index >= 15 is 0 Å². The van der Waals surface area contributed by atoms with Gasteiger partial charge >= 0.3 is 6.03 Å². The Bertz CT molecular complexity index is 689. The van der Waals surface area contributed by atoms with Gasteiger partial charge in [-0.15, -0.1) is 0 Å². The molecule has 3 aliphatic rings. The van der Waals surface area contributed by atoms with Gasteiger partial charge in [0.2, 0.25) is 5.91 Å². The normalized spacial score (nSPS) is 28.4. The fourth-order valence-electron chi connectivity index (χ4n) is 4.37. The van der Waals surface area contributed by atoms with Crippen molar-refractivity contribution in [3.63, 3.8) is 0 Å². The molecule has 25 heavy (non-hydrogen) atoms. The van der Waals surface area contributed by atoms with Gasteiger partial charge in [-0.25, -0.2) is 9.18 Å². The zero-order valence-electron chi connectivity index (χ0n) is 14.3. The van der Waals surface area contributed by atoms with E-state index in [0.29, 0.717) is 24.8 Å². The van der Waals surface area contributed by atoms with Crippen molar-refractivity contribution in [3.05, 3.63) is 30.1 Å². The molecule has 1 spiro atoms. The average molecular weight is 345 g/mol. The van der Waals surface area contributed by atoms with Crippen LogP contribution in [-0.2, 0) is 4.79 Å². The number of hydrogen-bond donors (Lipinski definition) is 2. The van der Waals surface area contributed by atoms with Crippen LogP contribution in [0.4, 0.5) is 14.9 Å². The predicted octanol–water partition coefficient (Wildman–Crippen LogP) is 3.13. The van der Waals surface area contributed by atoms with E-state index in [-0.39, 0.29) is 29.1 Å². The number of amides is 3. The highest BCUT2D eigenvalue weighted by atomic mass is 19.1. The van der Waals surface area contributed by atoms with Gasteiger partial charge < -0.3 is 15.5 Å². The summed E-state index contributed by atoms with van der Waals surface area (Å²) < 4.78 is 13.2. The third-order valence-corrected chi connectivity index (χ3v) is 5.95. The van der Waals surface area contributed by atoms with Crippen LogP contribution >= 0.6 is 0 Å². The van der Waals surface area contributed by atoms with Crippen molar-refractivity contribution in [3.8, 4) is 0 Å². The van der Waals surface area contributed by atoms with Gasteiger partial charge in [0.1, 0.15) is 5.82 Å². The Morgan fingerprint density at radius 2 is 2.04 bits per heavy atom. The van der Waals surface area contributed by atoms with Gasteiger partial charge in [0.05, 0.1) is 0 Å². The molecule has 3 amide bonds. The van der Waals surface area contributed by atoms with E-state index in [1.165, 1.54) is 25.0 Å². The third kappa shape index (κ3) is 3.34. The van der Waals surface area contributed by atoms with Crippen LogP contribution in [0.1, 0.15) is 38.5 Å². The first-order valence-electron chi connectivity index (χ1n) is 9.18. The van der Waals surface area contributed by atoms with Crippen LogP contribution in [0.2, 0.25) is 0 Å². The average Bonchev–Trinajstić information content (AvgIpc) is 2.90. The molecule has 1 saturated heterocycles. The van der Waals surface area contributed by atoms with Gasteiger partial charge in [0.15, 0.2) is 0 Å². The Morgan fingerprint density at radius 1 is 1.24 bits per heavy atom. The zero-order valence-corrected chi connectivity index (χ0v) is 14.3. The largest absolute Gasteiger partial charge is 0.335 e. The molecule has 4 rings (SSSR count). The molecule has 1 aromatic rings. The Labute approximate surface area is 147 Å². The van der Waals surface area contributed by atoms with Crippen LogP contribution in [0.25, 0.3) is 0 Å². The van der Waals surface area contributed by atoms with E-state index < -0.39 is 0 Å². The van der Waals surface area contributed by atoms with E-state index in [1.54, 1.807) is 12.1 Å². The van der Waals surface area contributed by atoms with Gasteiger partial charge in [-0.05, 0) is 43.9 Å². The van der Waals surface area contributed by atoms with E-state index in [1.807, 2.05) is 4.90 Å². The highest BCUT2D eigenvalue weighted by Gasteiger charge is 2.61. The molecule has 2 saturated carbocycles. The highest BCUT2D eigenvalue weighted by Crippen LogP contribution is 2.58. The Hall–Kier alpha value is -2.11. The van der Waals surface area contributed by atoms with Crippen LogP contribution < -0.4 is 10.6 Å². The molecule has 2 unspecified atom stereocenters. The molecule has 2 N–H and O–H groups in total. The topological polar surface area (TPSA) is 61.4 Å². The van der Waals surface area contributed by atoms with Crippen molar-refractivity contribution >= 4 is 17.6 Å². The maximum Gasteiger partial charge on any atom is 0.317 e. The minimum Gasteiger partial charge on any atom is -0.335 e. The number of halogens is 1. The van der Waals surface area contributed by atoms with Crippen LogP contribution in [0.15, 0.2) is 24.3 Å². The second kappa shape index (κ2) is 6.32. The molecule has 3 fully saturated rings. The zero-order chi connectivity index (χ0) is 17.4. The standard InChI is InChI=1S/C19H24FN3O2/c20-13-4-3-7-15(10-13)21-17(24)16-11-19(16)8-9-23(12-19)18(25)22-14-5-1-2-6-14/h3-4,7,10,14,16H,1-2,5-6,8-9,11-12H2,(H,21,24)(H,22,25). The molecule has 0 aromatic heterocycles. The van der Waals surface area contributed by atoms with E-state index in [2.05, 4.69) is 10.6 Å². The highest BCUT2D eigenvalue weighted by molar-refractivity contribution is 5.95. The number of anilines is 1. The molecular formula is C19H24FN3O2. The first-order chi connectivity index (χ1) is 12.1. The minimum atomic E-state index is -0.362. The number of carbonyl (C=O) groups is 2. The number of hydrogen-bond acceptors (Lipinski definition) is 2. The summed E-state index contributed by atoms with van der Waals surface area (Å²) >= 11 is 0. The van der Waals surface area contributed by atoms with E-state index in [4.69, 9.17) is 0 Å². The summed E-state index contributed by atoms with van der Waals surface area (Å²) in [4.78, 5) is 26.7. The SMILES string of the molecule is O=C(Nc1cccc(F)c1)C1CC12CCN(C(=O)NC1CCCC1)C2. The van der Waals surface area contributed by atoms with Crippen molar-refractivity contribution in [1.29, 1.82) is 0 Å². The van der Waals surface area contributed by atoms with Crippen molar-refractivity contribution in [1.82, 2.24) is 10.2 Å². The predicted molar refractivity (Wildman–Crippen MR) is 92.5 cm³/mol.